The number of anilines is 1. The Hall–Kier alpha value is -1.93. The van der Waals surface area contributed by atoms with Crippen molar-refractivity contribution in [2.24, 2.45) is 4.99 Å². The van der Waals surface area contributed by atoms with Crippen LogP contribution in [0.2, 0.25) is 0 Å². The number of rotatable bonds is 2. The van der Waals surface area contributed by atoms with E-state index < -0.39 is 0 Å². The highest BCUT2D eigenvalue weighted by molar-refractivity contribution is 5.97. The molecule has 88 valence electrons. The topological polar surface area (TPSA) is 49.7 Å². The lowest BCUT2D eigenvalue weighted by Crippen LogP contribution is -2.40. The molecule has 0 N–H and O–H groups in total. The highest BCUT2D eigenvalue weighted by Crippen LogP contribution is 2.32. The number of benzene rings is 1. The quantitative estimate of drug-likeness (QED) is 0.578. The van der Waals surface area contributed by atoms with Crippen LogP contribution in [0.25, 0.3) is 0 Å². The van der Waals surface area contributed by atoms with Gasteiger partial charge in [-0.05, 0) is 38.0 Å². The molecule has 1 aliphatic rings. The Bertz CT molecular complexity index is 502. The van der Waals surface area contributed by atoms with Crippen LogP contribution < -0.4 is 4.90 Å². The molecule has 0 aliphatic carbocycles. The molecule has 1 aliphatic heterocycles. The van der Waals surface area contributed by atoms with E-state index >= 15 is 0 Å². The number of carbonyl (C=O) groups excluding carboxylic acids is 2. The number of amides is 1. The largest absolute Gasteiger partial charge is 0.310 e. The van der Waals surface area contributed by atoms with E-state index in [-0.39, 0.29) is 11.9 Å². The summed E-state index contributed by atoms with van der Waals surface area (Å²) in [7, 11) is 0. The molecule has 1 aromatic carbocycles. The predicted octanol–water partition coefficient (Wildman–Crippen LogP) is 2.34. The summed E-state index contributed by atoms with van der Waals surface area (Å²) in [4.78, 5) is 27.5. The molecule has 0 radical (unpaired) electrons. The van der Waals surface area contributed by atoms with E-state index in [4.69, 9.17) is 0 Å². The summed E-state index contributed by atoms with van der Waals surface area (Å²) in [6.07, 6.45) is 2.81. The Morgan fingerprint density at radius 3 is 2.76 bits per heavy atom. The van der Waals surface area contributed by atoms with Gasteiger partial charge in [0.2, 0.25) is 12.0 Å². The fraction of sp³-hybridized carbons (Fsp3) is 0.385. The van der Waals surface area contributed by atoms with Crippen LogP contribution in [-0.4, -0.2) is 18.0 Å². The number of hydrogen-bond donors (Lipinski definition) is 0. The van der Waals surface area contributed by atoms with Crippen molar-refractivity contribution in [2.45, 2.75) is 32.7 Å². The van der Waals surface area contributed by atoms with Crippen molar-refractivity contribution in [1.82, 2.24) is 0 Å². The normalized spacial score (nSPS) is 14.5. The second-order valence-electron chi connectivity index (χ2n) is 4.37. The number of aliphatic imine (C=N–C) groups is 1. The van der Waals surface area contributed by atoms with Gasteiger partial charge >= 0.3 is 0 Å². The van der Waals surface area contributed by atoms with Gasteiger partial charge in [-0.2, -0.15) is 4.99 Å². The van der Waals surface area contributed by atoms with Crippen LogP contribution in [0.5, 0.6) is 0 Å². The molecule has 4 nitrogen and oxygen atoms in total. The first-order valence-corrected chi connectivity index (χ1v) is 5.66. The molecule has 0 bridgehead atoms. The summed E-state index contributed by atoms with van der Waals surface area (Å²) in [6, 6.07) is 5.58. The minimum atomic E-state index is 0.108. The van der Waals surface area contributed by atoms with Gasteiger partial charge in [0.25, 0.3) is 0 Å². The van der Waals surface area contributed by atoms with E-state index in [0.717, 1.165) is 17.7 Å². The Balaban J connectivity index is 2.52. The smallest absolute Gasteiger partial charge is 0.240 e. The Morgan fingerprint density at radius 2 is 2.12 bits per heavy atom. The number of isocyanates is 1. The molecule has 1 heterocycles. The molecule has 2 rings (SSSR count). The molecule has 0 spiro atoms. The van der Waals surface area contributed by atoms with Crippen LogP contribution in [0.4, 0.5) is 11.4 Å². The van der Waals surface area contributed by atoms with Crippen molar-refractivity contribution >= 4 is 23.4 Å². The van der Waals surface area contributed by atoms with Gasteiger partial charge in [-0.15, -0.1) is 0 Å². The van der Waals surface area contributed by atoms with Gasteiger partial charge in [-0.25, -0.2) is 4.79 Å². The maximum Gasteiger partial charge on any atom is 0.240 e. The lowest BCUT2D eigenvalue weighted by atomic mass is 9.99. The molecule has 17 heavy (non-hydrogen) atoms. The van der Waals surface area contributed by atoms with Crippen molar-refractivity contribution < 1.29 is 9.59 Å². The minimum Gasteiger partial charge on any atom is -0.310 e. The first kappa shape index (κ1) is 11.6. The Kier molecular flexibility index (Phi) is 3.07. The van der Waals surface area contributed by atoms with E-state index in [1.807, 2.05) is 19.9 Å². The summed E-state index contributed by atoms with van der Waals surface area (Å²) in [5.41, 5.74) is 2.54. The first-order valence-electron chi connectivity index (χ1n) is 5.66. The fourth-order valence-electron chi connectivity index (χ4n) is 2.17. The second-order valence-corrected chi connectivity index (χ2v) is 4.37. The molecular formula is C13H14N2O2. The lowest BCUT2D eigenvalue weighted by molar-refractivity contribution is -0.119. The van der Waals surface area contributed by atoms with Crippen molar-refractivity contribution in [3.8, 4) is 0 Å². The molecule has 1 aromatic rings. The summed E-state index contributed by atoms with van der Waals surface area (Å²) in [6.45, 7) is 3.95. The number of nitrogens with zero attached hydrogens (tertiary/aromatic N) is 2. The SMILES string of the molecule is CC(C)N1C(=O)CCc2ccc(N=C=O)cc21. The highest BCUT2D eigenvalue weighted by atomic mass is 16.2. The molecular weight excluding hydrogens is 216 g/mol. The van der Waals surface area contributed by atoms with Gasteiger partial charge in [0.05, 0.1) is 5.69 Å². The molecule has 4 heteroatoms. The maximum absolute atomic E-state index is 11.9. The molecule has 0 saturated carbocycles. The van der Waals surface area contributed by atoms with Gasteiger partial charge in [0.1, 0.15) is 0 Å². The Morgan fingerprint density at radius 1 is 1.35 bits per heavy atom. The van der Waals surface area contributed by atoms with Gasteiger partial charge in [0.15, 0.2) is 0 Å². The summed E-state index contributed by atoms with van der Waals surface area (Å²) < 4.78 is 0. The van der Waals surface area contributed by atoms with E-state index in [0.29, 0.717) is 12.1 Å². The van der Waals surface area contributed by atoms with Gasteiger partial charge < -0.3 is 4.90 Å². The molecule has 0 unspecified atom stereocenters. The zero-order valence-corrected chi connectivity index (χ0v) is 9.93. The lowest BCUT2D eigenvalue weighted by Gasteiger charge is -2.32. The van der Waals surface area contributed by atoms with Gasteiger partial charge in [0, 0.05) is 18.2 Å². The second kappa shape index (κ2) is 4.52. The van der Waals surface area contributed by atoms with E-state index in [1.54, 1.807) is 17.0 Å². The summed E-state index contributed by atoms with van der Waals surface area (Å²) in [5.74, 6) is 0.125. The minimum absolute atomic E-state index is 0.108. The van der Waals surface area contributed by atoms with Crippen LogP contribution in [0.1, 0.15) is 25.8 Å². The van der Waals surface area contributed by atoms with Crippen molar-refractivity contribution in [3.05, 3.63) is 23.8 Å². The highest BCUT2D eigenvalue weighted by Gasteiger charge is 2.26. The maximum atomic E-state index is 11.9. The van der Waals surface area contributed by atoms with Crippen molar-refractivity contribution in [3.63, 3.8) is 0 Å². The molecule has 0 fully saturated rings. The monoisotopic (exact) mass is 230 g/mol. The van der Waals surface area contributed by atoms with E-state index in [1.165, 1.54) is 6.08 Å². The zero-order chi connectivity index (χ0) is 12.4. The molecule has 0 saturated heterocycles. The van der Waals surface area contributed by atoms with Gasteiger partial charge in [-0.3, -0.25) is 4.79 Å². The third kappa shape index (κ3) is 2.12. The van der Waals surface area contributed by atoms with Crippen LogP contribution in [0.15, 0.2) is 23.2 Å². The average molecular weight is 230 g/mol. The van der Waals surface area contributed by atoms with Crippen LogP contribution in [-0.2, 0) is 16.0 Å². The van der Waals surface area contributed by atoms with Crippen molar-refractivity contribution in [1.29, 1.82) is 0 Å². The zero-order valence-electron chi connectivity index (χ0n) is 9.93. The molecule has 0 aromatic heterocycles. The van der Waals surface area contributed by atoms with E-state index in [9.17, 15) is 9.59 Å². The summed E-state index contributed by atoms with van der Waals surface area (Å²) >= 11 is 0. The van der Waals surface area contributed by atoms with E-state index in [2.05, 4.69) is 4.99 Å². The average Bonchev–Trinajstić information content (AvgIpc) is 2.28. The molecule has 0 atom stereocenters. The fourth-order valence-corrected chi connectivity index (χ4v) is 2.17. The predicted molar refractivity (Wildman–Crippen MR) is 65.2 cm³/mol. The first-order chi connectivity index (χ1) is 8.13. The summed E-state index contributed by atoms with van der Waals surface area (Å²) in [5, 5.41) is 0. The van der Waals surface area contributed by atoms with Gasteiger partial charge in [-0.1, -0.05) is 6.07 Å². The number of hydrogen-bond acceptors (Lipinski definition) is 3. The Labute approximate surface area is 100.0 Å². The molecule has 1 amide bonds. The van der Waals surface area contributed by atoms with Crippen LogP contribution >= 0.6 is 0 Å². The number of carbonyl (C=O) groups is 1. The standard InChI is InChI=1S/C13H14N2O2/c1-9(2)15-12-7-11(14-8-16)5-3-10(12)4-6-13(15)17/h3,5,7,9H,4,6H2,1-2H3. The van der Waals surface area contributed by atoms with Crippen molar-refractivity contribution in [2.75, 3.05) is 4.90 Å². The third-order valence-corrected chi connectivity index (χ3v) is 2.90. The van der Waals surface area contributed by atoms with Crippen LogP contribution in [0, 0.1) is 0 Å². The number of fused-ring (bicyclic) bond motifs is 1. The third-order valence-electron chi connectivity index (χ3n) is 2.90. The van der Waals surface area contributed by atoms with Crippen LogP contribution in [0.3, 0.4) is 0 Å². The number of aryl methyl sites for hydroxylation is 1.